The smallest absolute Gasteiger partial charge is 0.0841 e. The summed E-state index contributed by atoms with van der Waals surface area (Å²) < 4.78 is 1.18. The number of halogens is 1. The topological polar surface area (TPSA) is 40.5 Å². The molecule has 0 aromatic heterocycles. The van der Waals surface area contributed by atoms with Crippen LogP contribution in [0.5, 0.6) is 0 Å². The molecular formula is C12H17IO2. The van der Waals surface area contributed by atoms with Crippen LogP contribution in [0.15, 0.2) is 24.3 Å². The minimum Gasteiger partial charge on any atom is -0.390 e. The Hall–Kier alpha value is -0.130. The molecule has 0 saturated carbocycles. The molecule has 0 fully saturated rings. The standard InChI is InChI=1S/C12H17IO2/c1-8(2)12(15)11(14)7-9-3-5-10(13)6-4-9/h3-6,8,11-12,14-15H,7H2,1-2H3. The summed E-state index contributed by atoms with van der Waals surface area (Å²) >= 11 is 2.24. The zero-order chi connectivity index (χ0) is 11.4. The van der Waals surface area contributed by atoms with Gasteiger partial charge < -0.3 is 10.2 Å². The average Bonchev–Trinajstić information content (AvgIpc) is 2.20. The number of rotatable bonds is 4. The third kappa shape index (κ3) is 4.09. The van der Waals surface area contributed by atoms with Crippen LogP contribution < -0.4 is 0 Å². The van der Waals surface area contributed by atoms with Gasteiger partial charge in [0.2, 0.25) is 0 Å². The summed E-state index contributed by atoms with van der Waals surface area (Å²) in [5, 5.41) is 19.4. The van der Waals surface area contributed by atoms with Gasteiger partial charge in [0, 0.05) is 9.99 Å². The van der Waals surface area contributed by atoms with E-state index in [0.29, 0.717) is 6.42 Å². The van der Waals surface area contributed by atoms with Gasteiger partial charge in [0.25, 0.3) is 0 Å². The summed E-state index contributed by atoms with van der Waals surface area (Å²) in [6, 6.07) is 7.98. The minimum absolute atomic E-state index is 0.0869. The fourth-order valence-corrected chi connectivity index (χ4v) is 1.79. The molecular weight excluding hydrogens is 303 g/mol. The van der Waals surface area contributed by atoms with Crippen molar-refractivity contribution in [2.75, 3.05) is 0 Å². The molecule has 0 heterocycles. The predicted molar refractivity (Wildman–Crippen MR) is 69.7 cm³/mol. The number of aliphatic hydroxyl groups is 2. The normalized spacial score (nSPS) is 15.3. The minimum atomic E-state index is -0.676. The van der Waals surface area contributed by atoms with Crippen molar-refractivity contribution in [3.63, 3.8) is 0 Å². The molecule has 1 aromatic carbocycles. The Kier molecular flexibility index (Phi) is 5.02. The first-order chi connectivity index (χ1) is 7.00. The fourth-order valence-electron chi connectivity index (χ4n) is 1.43. The maximum absolute atomic E-state index is 9.76. The van der Waals surface area contributed by atoms with Crippen molar-refractivity contribution in [2.45, 2.75) is 32.5 Å². The molecule has 1 rings (SSSR count). The summed E-state index contributed by atoms with van der Waals surface area (Å²) in [7, 11) is 0. The van der Waals surface area contributed by atoms with Crippen molar-refractivity contribution in [1.82, 2.24) is 0 Å². The van der Waals surface area contributed by atoms with E-state index in [1.165, 1.54) is 3.57 Å². The van der Waals surface area contributed by atoms with Gasteiger partial charge in [0.15, 0.2) is 0 Å². The molecule has 0 spiro atoms. The van der Waals surface area contributed by atoms with Gasteiger partial charge in [-0.15, -0.1) is 0 Å². The molecule has 0 bridgehead atoms. The molecule has 0 amide bonds. The van der Waals surface area contributed by atoms with Crippen LogP contribution >= 0.6 is 22.6 Å². The molecule has 2 nitrogen and oxygen atoms in total. The Morgan fingerprint density at radius 2 is 1.67 bits per heavy atom. The molecule has 3 heteroatoms. The van der Waals surface area contributed by atoms with Crippen LogP contribution in [0, 0.1) is 9.49 Å². The van der Waals surface area contributed by atoms with E-state index < -0.39 is 12.2 Å². The van der Waals surface area contributed by atoms with E-state index in [9.17, 15) is 10.2 Å². The first kappa shape index (κ1) is 12.9. The van der Waals surface area contributed by atoms with E-state index in [2.05, 4.69) is 22.6 Å². The maximum Gasteiger partial charge on any atom is 0.0841 e. The zero-order valence-electron chi connectivity index (χ0n) is 9.02. The molecule has 15 heavy (non-hydrogen) atoms. The van der Waals surface area contributed by atoms with E-state index >= 15 is 0 Å². The summed E-state index contributed by atoms with van der Waals surface area (Å²) in [6.07, 6.45) is -0.815. The van der Waals surface area contributed by atoms with Crippen LogP contribution in [0.2, 0.25) is 0 Å². The molecule has 2 unspecified atom stereocenters. The Bertz CT molecular complexity index is 295. The Morgan fingerprint density at radius 3 is 2.13 bits per heavy atom. The monoisotopic (exact) mass is 320 g/mol. The van der Waals surface area contributed by atoms with Crippen LogP contribution in [0.25, 0.3) is 0 Å². The lowest BCUT2D eigenvalue weighted by molar-refractivity contribution is -0.00731. The first-order valence-corrected chi connectivity index (χ1v) is 6.19. The quantitative estimate of drug-likeness (QED) is 0.835. The van der Waals surface area contributed by atoms with Gasteiger partial charge in [-0.2, -0.15) is 0 Å². The lowest BCUT2D eigenvalue weighted by Crippen LogP contribution is -2.32. The highest BCUT2D eigenvalue weighted by Crippen LogP contribution is 2.13. The van der Waals surface area contributed by atoms with Gasteiger partial charge in [-0.25, -0.2) is 0 Å². The van der Waals surface area contributed by atoms with Gasteiger partial charge in [-0.05, 0) is 46.2 Å². The Morgan fingerprint density at radius 1 is 1.13 bits per heavy atom. The summed E-state index contributed by atoms with van der Waals surface area (Å²) in [6.45, 7) is 3.81. The molecule has 2 atom stereocenters. The third-order valence-electron chi connectivity index (χ3n) is 2.44. The van der Waals surface area contributed by atoms with E-state index in [-0.39, 0.29) is 5.92 Å². The van der Waals surface area contributed by atoms with Crippen molar-refractivity contribution >= 4 is 22.6 Å². The number of aliphatic hydroxyl groups excluding tert-OH is 2. The highest BCUT2D eigenvalue weighted by atomic mass is 127. The van der Waals surface area contributed by atoms with Crippen LogP contribution in [0.3, 0.4) is 0 Å². The lowest BCUT2D eigenvalue weighted by atomic mass is 9.97. The molecule has 0 aliphatic rings. The van der Waals surface area contributed by atoms with Crippen LogP contribution in [0.4, 0.5) is 0 Å². The van der Waals surface area contributed by atoms with Crippen LogP contribution in [0.1, 0.15) is 19.4 Å². The van der Waals surface area contributed by atoms with Gasteiger partial charge >= 0.3 is 0 Å². The number of benzene rings is 1. The number of hydrogen-bond acceptors (Lipinski definition) is 2. The molecule has 0 saturated heterocycles. The Balaban J connectivity index is 2.58. The maximum atomic E-state index is 9.76. The van der Waals surface area contributed by atoms with Crippen LogP contribution in [-0.4, -0.2) is 22.4 Å². The Labute approximate surface area is 104 Å². The van der Waals surface area contributed by atoms with Gasteiger partial charge in [-0.1, -0.05) is 26.0 Å². The first-order valence-electron chi connectivity index (χ1n) is 5.11. The highest BCUT2D eigenvalue weighted by molar-refractivity contribution is 14.1. The van der Waals surface area contributed by atoms with E-state index in [0.717, 1.165) is 5.56 Å². The average molecular weight is 320 g/mol. The number of hydrogen-bond donors (Lipinski definition) is 2. The fraction of sp³-hybridized carbons (Fsp3) is 0.500. The molecule has 0 aliphatic heterocycles. The van der Waals surface area contributed by atoms with Crippen molar-refractivity contribution in [2.24, 2.45) is 5.92 Å². The van der Waals surface area contributed by atoms with Gasteiger partial charge in [0.05, 0.1) is 12.2 Å². The highest BCUT2D eigenvalue weighted by Gasteiger charge is 2.19. The van der Waals surface area contributed by atoms with E-state index in [1.807, 2.05) is 38.1 Å². The predicted octanol–water partition coefficient (Wildman–Crippen LogP) is 2.21. The summed E-state index contributed by atoms with van der Waals surface area (Å²) in [5.41, 5.74) is 1.06. The second-order valence-electron chi connectivity index (χ2n) is 4.13. The largest absolute Gasteiger partial charge is 0.390 e. The van der Waals surface area contributed by atoms with Crippen molar-refractivity contribution < 1.29 is 10.2 Å². The van der Waals surface area contributed by atoms with Gasteiger partial charge in [-0.3, -0.25) is 0 Å². The summed E-state index contributed by atoms with van der Waals surface area (Å²) in [4.78, 5) is 0. The molecule has 84 valence electrons. The second-order valence-corrected chi connectivity index (χ2v) is 5.38. The van der Waals surface area contributed by atoms with Crippen molar-refractivity contribution in [1.29, 1.82) is 0 Å². The molecule has 0 radical (unpaired) electrons. The summed E-state index contributed by atoms with van der Waals surface area (Å²) in [5.74, 6) is 0.0869. The lowest BCUT2D eigenvalue weighted by Gasteiger charge is -2.21. The van der Waals surface area contributed by atoms with E-state index in [4.69, 9.17) is 0 Å². The second kappa shape index (κ2) is 5.82. The van der Waals surface area contributed by atoms with Crippen molar-refractivity contribution in [3.8, 4) is 0 Å². The molecule has 1 aromatic rings. The van der Waals surface area contributed by atoms with E-state index in [1.54, 1.807) is 0 Å². The SMILES string of the molecule is CC(C)C(O)C(O)Cc1ccc(I)cc1. The van der Waals surface area contributed by atoms with Gasteiger partial charge in [0.1, 0.15) is 0 Å². The van der Waals surface area contributed by atoms with Crippen molar-refractivity contribution in [3.05, 3.63) is 33.4 Å². The molecule has 2 N–H and O–H groups in total. The zero-order valence-corrected chi connectivity index (χ0v) is 11.2. The third-order valence-corrected chi connectivity index (χ3v) is 3.15. The van der Waals surface area contributed by atoms with Crippen LogP contribution in [-0.2, 0) is 6.42 Å². The molecule has 0 aliphatic carbocycles.